The summed E-state index contributed by atoms with van der Waals surface area (Å²) in [5.74, 6) is 0.105. The van der Waals surface area contributed by atoms with E-state index in [0.717, 1.165) is 12.8 Å². The van der Waals surface area contributed by atoms with Crippen LogP contribution in [0.3, 0.4) is 0 Å². The highest BCUT2D eigenvalue weighted by atomic mass is 16.6. The number of rotatable bonds is 5. The van der Waals surface area contributed by atoms with Crippen LogP contribution in [0.5, 0.6) is 0 Å². The van der Waals surface area contributed by atoms with Gasteiger partial charge in [0.25, 0.3) is 5.69 Å². The van der Waals surface area contributed by atoms with Crippen molar-refractivity contribution >= 4 is 17.3 Å². The summed E-state index contributed by atoms with van der Waals surface area (Å²) in [7, 11) is 0. The first-order chi connectivity index (χ1) is 9.97. The van der Waals surface area contributed by atoms with Crippen LogP contribution >= 0.6 is 0 Å². The van der Waals surface area contributed by atoms with Gasteiger partial charge in [-0.15, -0.1) is 0 Å². The van der Waals surface area contributed by atoms with E-state index in [1.807, 2.05) is 0 Å². The number of carboxylic acids is 1. The van der Waals surface area contributed by atoms with Gasteiger partial charge in [0.15, 0.2) is 0 Å². The first-order valence-electron chi connectivity index (χ1n) is 7.23. The Morgan fingerprint density at radius 2 is 2.24 bits per heavy atom. The summed E-state index contributed by atoms with van der Waals surface area (Å²) in [5.41, 5.74) is 0.305. The molecule has 0 amide bonds. The van der Waals surface area contributed by atoms with E-state index < -0.39 is 10.9 Å². The van der Waals surface area contributed by atoms with Crippen molar-refractivity contribution in [3.05, 3.63) is 33.9 Å². The summed E-state index contributed by atoms with van der Waals surface area (Å²) in [6.07, 6.45) is 4.67. The average molecular weight is 292 g/mol. The zero-order chi connectivity index (χ0) is 15.4. The molecule has 2 N–H and O–H groups in total. The molecule has 6 nitrogen and oxygen atoms in total. The number of anilines is 1. The molecule has 21 heavy (non-hydrogen) atoms. The van der Waals surface area contributed by atoms with Gasteiger partial charge in [-0.05, 0) is 30.7 Å². The van der Waals surface area contributed by atoms with Crippen molar-refractivity contribution in [2.75, 3.05) is 11.9 Å². The van der Waals surface area contributed by atoms with Crippen molar-refractivity contribution in [3.63, 3.8) is 0 Å². The largest absolute Gasteiger partial charge is 0.478 e. The molecule has 114 valence electrons. The van der Waals surface area contributed by atoms with E-state index in [4.69, 9.17) is 5.11 Å². The summed E-state index contributed by atoms with van der Waals surface area (Å²) in [5, 5.41) is 23.1. The lowest BCUT2D eigenvalue weighted by molar-refractivity contribution is -0.384. The third-order valence-electron chi connectivity index (χ3n) is 4.07. The number of nitrogens with zero attached hydrogens (tertiary/aromatic N) is 1. The summed E-state index contributed by atoms with van der Waals surface area (Å²) >= 11 is 0. The van der Waals surface area contributed by atoms with Crippen molar-refractivity contribution in [1.82, 2.24) is 0 Å². The van der Waals surface area contributed by atoms with Crippen LogP contribution in [0.1, 0.15) is 43.0 Å². The van der Waals surface area contributed by atoms with Crippen LogP contribution in [0.15, 0.2) is 18.2 Å². The molecule has 0 bridgehead atoms. The van der Waals surface area contributed by atoms with Crippen LogP contribution in [0.4, 0.5) is 11.4 Å². The fraction of sp³-hybridized carbons (Fsp3) is 0.533. The highest BCUT2D eigenvalue weighted by Crippen LogP contribution is 2.29. The van der Waals surface area contributed by atoms with E-state index >= 15 is 0 Å². The van der Waals surface area contributed by atoms with E-state index in [-0.39, 0.29) is 11.3 Å². The maximum atomic E-state index is 11.2. The molecule has 0 radical (unpaired) electrons. The van der Waals surface area contributed by atoms with E-state index in [2.05, 4.69) is 12.2 Å². The second kappa shape index (κ2) is 6.56. The van der Waals surface area contributed by atoms with Crippen LogP contribution < -0.4 is 5.32 Å². The molecule has 6 heteroatoms. The maximum Gasteiger partial charge on any atom is 0.337 e. The quantitative estimate of drug-likeness (QED) is 0.639. The Labute approximate surface area is 123 Å². The van der Waals surface area contributed by atoms with Crippen molar-refractivity contribution in [3.8, 4) is 0 Å². The molecule has 0 aliphatic heterocycles. The van der Waals surface area contributed by atoms with Crippen LogP contribution in [-0.4, -0.2) is 22.5 Å². The first-order valence-corrected chi connectivity index (χ1v) is 7.23. The standard InChI is InChI=1S/C15H20N2O4/c1-10-3-2-4-11(7-10)9-16-14-8-12(17(20)21)5-6-13(14)15(18)19/h5-6,8,10-11,16H,2-4,7,9H2,1H3,(H,18,19). The van der Waals surface area contributed by atoms with Gasteiger partial charge in [-0.1, -0.05) is 19.8 Å². The number of nitro benzene ring substituents is 1. The third kappa shape index (κ3) is 3.93. The molecule has 1 saturated carbocycles. The van der Waals surface area contributed by atoms with Gasteiger partial charge in [0, 0.05) is 18.7 Å². The first kappa shape index (κ1) is 15.3. The lowest BCUT2D eigenvalue weighted by Gasteiger charge is -2.27. The molecule has 0 spiro atoms. The second-order valence-corrected chi connectivity index (χ2v) is 5.81. The molecule has 1 aromatic carbocycles. The Kier molecular flexibility index (Phi) is 4.77. The fourth-order valence-electron chi connectivity index (χ4n) is 2.98. The van der Waals surface area contributed by atoms with Gasteiger partial charge in [0.1, 0.15) is 0 Å². The van der Waals surface area contributed by atoms with Crippen molar-refractivity contribution in [1.29, 1.82) is 0 Å². The predicted molar refractivity (Wildman–Crippen MR) is 79.7 cm³/mol. The minimum atomic E-state index is -1.08. The van der Waals surface area contributed by atoms with Gasteiger partial charge in [-0.25, -0.2) is 4.79 Å². The highest BCUT2D eigenvalue weighted by molar-refractivity contribution is 5.94. The molecule has 1 aliphatic rings. The SMILES string of the molecule is CC1CCCC(CNc2cc([N+](=O)[O-])ccc2C(=O)O)C1. The number of non-ortho nitro benzene ring substituents is 1. The third-order valence-corrected chi connectivity index (χ3v) is 4.07. The Morgan fingerprint density at radius 1 is 1.48 bits per heavy atom. The molecule has 1 aromatic rings. The molecule has 1 aliphatic carbocycles. The number of hydrogen-bond donors (Lipinski definition) is 2. The van der Waals surface area contributed by atoms with Gasteiger partial charge in [-0.2, -0.15) is 0 Å². The molecule has 0 aromatic heterocycles. The van der Waals surface area contributed by atoms with Crippen molar-refractivity contribution in [2.45, 2.75) is 32.6 Å². The van der Waals surface area contributed by atoms with E-state index in [1.54, 1.807) is 0 Å². The summed E-state index contributed by atoms with van der Waals surface area (Å²) in [4.78, 5) is 21.5. The number of carboxylic acid groups (broad SMARTS) is 1. The van der Waals surface area contributed by atoms with Crippen LogP contribution in [0, 0.1) is 22.0 Å². The van der Waals surface area contributed by atoms with Gasteiger partial charge in [-0.3, -0.25) is 10.1 Å². The smallest absolute Gasteiger partial charge is 0.337 e. The lowest BCUT2D eigenvalue weighted by atomic mass is 9.82. The zero-order valence-corrected chi connectivity index (χ0v) is 12.0. The minimum absolute atomic E-state index is 0.0736. The van der Waals surface area contributed by atoms with E-state index in [1.165, 1.54) is 31.0 Å². The molecule has 1 fully saturated rings. The van der Waals surface area contributed by atoms with Crippen LogP contribution in [0.2, 0.25) is 0 Å². The van der Waals surface area contributed by atoms with Gasteiger partial charge >= 0.3 is 5.97 Å². The Bertz CT molecular complexity index is 544. The predicted octanol–water partition coefficient (Wildman–Crippen LogP) is 3.53. The summed E-state index contributed by atoms with van der Waals surface area (Å²) in [6, 6.07) is 3.80. The lowest BCUT2D eigenvalue weighted by Crippen LogP contribution is -2.21. The highest BCUT2D eigenvalue weighted by Gasteiger charge is 2.20. The van der Waals surface area contributed by atoms with Crippen molar-refractivity contribution in [2.24, 2.45) is 11.8 Å². The normalized spacial score (nSPS) is 21.8. The molecule has 0 heterocycles. The Hall–Kier alpha value is -2.11. The fourth-order valence-corrected chi connectivity index (χ4v) is 2.98. The maximum absolute atomic E-state index is 11.2. The van der Waals surface area contributed by atoms with Gasteiger partial charge in [0.2, 0.25) is 0 Å². The minimum Gasteiger partial charge on any atom is -0.478 e. The number of aromatic carboxylic acids is 1. The topological polar surface area (TPSA) is 92.5 Å². The van der Waals surface area contributed by atoms with Gasteiger partial charge < -0.3 is 10.4 Å². The Balaban J connectivity index is 2.11. The summed E-state index contributed by atoms with van der Waals surface area (Å²) < 4.78 is 0. The van der Waals surface area contributed by atoms with Crippen molar-refractivity contribution < 1.29 is 14.8 Å². The molecular weight excluding hydrogens is 272 g/mol. The Morgan fingerprint density at radius 3 is 2.86 bits per heavy atom. The molecule has 2 unspecified atom stereocenters. The van der Waals surface area contributed by atoms with E-state index in [9.17, 15) is 14.9 Å². The second-order valence-electron chi connectivity index (χ2n) is 5.81. The summed E-state index contributed by atoms with van der Waals surface area (Å²) in [6.45, 7) is 2.88. The van der Waals surface area contributed by atoms with Crippen LogP contribution in [-0.2, 0) is 0 Å². The molecule has 0 saturated heterocycles. The number of nitro groups is 1. The zero-order valence-electron chi connectivity index (χ0n) is 12.0. The molecule has 2 rings (SSSR count). The monoisotopic (exact) mass is 292 g/mol. The number of benzene rings is 1. The van der Waals surface area contributed by atoms with Crippen LogP contribution in [0.25, 0.3) is 0 Å². The van der Waals surface area contributed by atoms with Gasteiger partial charge in [0.05, 0.1) is 16.2 Å². The van der Waals surface area contributed by atoms with E-state index in [0.29, 0.717) is 24.1 Å². The number of hydrogen-bond acceptors (Lipinski definition) is 4. The molecule has 2 atom stereocenters. The number of carbonyl (C=O) groups is 1. The number of nitrogens with one attached hydrogen (secondary N) is 1. The average Bonchev–Trinajstić information content (AvgIpc) is 2.44. The molecular formula is C15H20N2O4.